The van der Waals surface area contributed by atoms with Crippen LogP contribution in [-0.4, -0.2) is 15.9 Å². The van der Waals surface area contributed by atoms with Gasteiger partial charge in [0.2, 0.25) is 0 Å². The molecule has 0 unspecified atom stereocenters. The highest BCUT2D eigenvalue weighted by atomic mass is 16.4. The van der Waals surface area contributed by atoms with Crippen molar-refractivity contribution in [2.24, 2.45) is 0 Å². The van der Waals surface area contributed by atoms with Crippen molar-refractivity contribution in [2.45, 2.75) is 20.3 Å². The molecule has 6 nitrogen and oxygen atoms in total. The Balaban J connectivity index is 2.20. The van der Waals surface area contributed by atoms with Crippen LogP contribution in [0.3, 0.4) is 0 Å². The normalized spacial score (nSPS) is 10.3. The second-order valence-electron chi connectivity index (χ2n) is 3.87. The summed E-state index contributed by atoms with van der Waals surface area (Å²) in [5.41, 5.74) is 7.55. The van der Waals surface area contributed by atoms with E-state index in [4.69, 9.17) is 10.2 Å². The number of carbonyl (C=O) groups excluding carboxylic acids is 1. The highest BCUT2D eigenvalue weighted by Crippen LogP contribution is 2.12. The molecule has 0 aliphatic heterocycles. The Morgan fingerprint density at radius 3 is 2.83 bits per heavy atom. The number of oxazole rings is 1. The van der Waals surface area contributed by atoms with Gasteiger partial charge in [0.15, 0.2) is 0 Å². The number of nitrogens with zero attached hydrogens (tertiary/aromatic N) is 2. The maximum atomic E-state index is 11.9. The zero-order chi connectivity index (χ0) is 13.1. The fourth-order valence-corrected chi connectivity index (χ4v) is 1.50. The van der Waals surface area contributed by atoms with E-state index >= 15 is 0 Å². The second kappa shape index (κ2) is 4.87. The fourth-order valence-electron chi connectivity index (χ4n) is 1.50. The van der Waals surface area contributed by atoms with Gasteiger partial charge in [-0.05, 0) is 25.5 Å². The molecule has 0 atom stereocenters. The largest absolute Gasteiger partial charge is 0.432 e. The van der Waals surface area contributed by atoms with E-state index in [-0.39, 0.29) is 11.9 Å². The van der Waals surface area contributed by atoms with Crippen LogP contribution in [0.25, 0.3) is 0 Å². The van der Waals surface area contributed by atoms with Gasteiger partial charge in [-0.1, -0.05) is 6.92 Å². The van der Waals surface area contributed by atoms with E-state index in [0.29, 0.717) is 23.5 Å². The standard InChI is InChI=1S/C12H14N4O2/c1-3-9-4-8(5-10(13)15-9)11(17)16-12-14-7(2)6-18-12/h4-6H,3H2,1-2H3,(H2,13,15)(H,14,16,17). The number of rotatable bonds is 3. The van der Waals surface area contributed by atoms with Crippen LogP contribution >= 0.6 is 0 Å². The minimum Gasteiger partial charge on any atom is -0.432 e. The molecule has 3 N–H and O–H groups in total. The number of amides is 1. The van der Waals surface area contributed by atoms with Gasteiger partial charge in [0.25, 0.3) is 5.91 Å². The Morgan fingerprint density at radius 2 is 2.22 bits per heavy atom. The van der Waals surface area contributed by atoms with Crippen molar-refractivity contribution in [1.29, 1.82) is 0 Å². The summed E-state index contributed by atoms with van der Waals surface area (Å²) in [5, 5.41) is 2.56. The molecule has 0 bridgehead atoms. The van der Waals surface area contributed by atoms with Gasteiger partial charge in [0.1, 0.15) is 12.1 Å². The lowest BCUT2D eigenvalue weighted by Gasteiger charge is -2.04. The van der Waals surface area contributed by atoms with Crippen LogP contribution in [0.1, 0.15) is 28.7 Å². The first kappa shape index (κ1) is 12.1. The molecule has 1 amide bonds. The van der Waals surface area contributed by atoms with Crippen molar-refractivity contribution >= 4 is 17.7 Å². The Bertz CT molecular complexity index is 577. The van der Waals surface area contributed by atoms with E-state index in [9.17, 15) is 4.79 Å². The highest BCUT2D eigenvalue weighted by Gasteiger charge is 2.11. The number of nitrogen functional groups attached to an aromatic ring is 1. The molecule has 0 saturated heterocycles. The van der Waals surface area contributed by atoms with Crippen molar-refractivity contribution in [1.82, 2.24) is 9.97 Å². The van der Waals surface area contributed by atoms with E-state index in [1.54, 1.807) is 13.0 Å². The van der Waals surface area contributed by atoms with Crippen molar-refractivity contribution in [3.63, 3.8) is 0 Å². The van der Waals surface area contributed by atoms with Crippen molar-refractivity contribution < 1.29 is 9.21 Å². The molecular weight excluding hydrogens is 232 g/mol. The van der Waals surface area contributed by atoms with E-state index in [2.05, 4.69) is 15.3 Å². The van der Waals surface area contributed by atoms with Crippen LogP contribution in [0.4, 0.5) is 11.8 Å². The summed E-state index contributed by atoms with van der Waals surface area (Å²) in [4.78, 5) is 20.0. The predicted octanol–water partition coefficient (Wildman–Crippen LogP) is 1.77. The van der Waals surface area contributed by atoms with Crippen LogP contribution in [0.2, 0.25) is 0 Å². The zero-order valence-electron chi connectivity index (χ0n) is 10.2. The van der Waals surface area contributed by atoms with Gasteiger partial charge in [-0.25, -0.2) is 4.98 Å². The van der Waals surface area contributed by atoms with Gasteiger partial charge in [0.05, 0.1) is 5.69 Å². The number of nitrogens with two attached hydrogens (primary N) is 1. The van der Waals surface area contributed by atoms with Gasteiger partial charge in [-0.2, -0.15) is 4.98 Å². The number of aromatic nitrogens is 2. The first-order valence-electron chi connectivity index (χ1n) is 5.58. The molecule has 0 aliphatic rings. The summed E-state index contributed by atoms with van der Waals surface area (Å²) in [6.07, 6.45) is 2.18. The minimum absolute atomic E-state index is 0.172. The average molecular weight is 246 g/mol. The van der Waals surface area contributed by atoms with Gasteiger partial charge in [0, 0.05) is 11.3 Å². The molecule has 2 rings (SSSR count). The van der Waals surface area contributed by atoms with E-state index in [1.807, 2.05) is 6.92 Å². The number of anilines is 2. The van der Waals surface area contributed by atoms with Gasteiger partial charge < -0.3 is 10.2 Å². The minimum atomic E-state index is -0.319. The van der Waals surface area contributed by atoms with Crippen LogP contribution in [-0.2, 0) is 6.42 Å². The molecule has 2 heterocycles. The van der Waals surface area contributed by atoms with Crippen LogP contribution < -0.4 is 11.1 Å². The third-order valence-corrected chi connectivity index (χ3v) is 2.36. The van der Waals surface area contributed by atoms with Gasteiger partial charge in [-0.15, -0.1) is 0 Å². The topological polar surface area (TPSA) is 94.0 Å². The molecule has 18 heavy (non-hydrogen) atoms. The third kappa shape index (κ3) is 2.65. The Hall–Kier alpha value is -2.37. The molecule has 0 radical (unpaired) electrons. The fraction of sp³-hybridized carbons (Fsp3) is 0.250. The first-order chi connectivity index (χ1) is 8.58. The average Bonchev–Trinajstić information content (AvgIpc) is 2.73. The smallest absolute Gasteiger partial charge is 0.301 e. The number of hydrogen-bond donors (Lipinski definition) is 2. The molecule has 94 valence electrons. The summed E-state index contributed by atoms with van der Waals surface area (Å²) < 4.78 is 5.05. The predicted molar refractivity (Wildman–Crippen MR) is 67.2 cm³/mol. The number of aryl methyl sites for hydroxylation is 2. The van der Waals surface area contributed by atoms with Crippen LogP contribution in [0.15, 0.2) is 22.8 Å². The lowest BCUT2D eigenvalue weighted by molar-refractivity contribution is 0.102. The molecule has 2 aromatic rings. The molecular formula is C12H14N4O2. The van der Waals surface area contributed by atoms with E-state index in [1.165, 1.54) is 12.3 Å². The maximum Gasteiger partial charge on any atom is 0.301 e. The lowest BCUT2D eigenvalue weighted by Crippen LogP contribution is -2.13. The number of pyridine rings is 1. The number of carbonyl (C=O) groups is 1. The summed E-state index contributed by atoms with van der Waals surface area (Å²) in [5.74, 6) is 0.00346. The molecule has 2 aromatic heterocycles. The quantitative estimate of drug-likeness (QED) is 0.860. The summed E-state index contributed by atoms with van der Waals surface area (Å²) >= 11 is 0. The summed E-state index contributed by atoms with van der Waals surface area (Å²) in [7, 11) is 0. The molecule has 0 spiro atoms. The number of hydrogen-bond acceptors (Lipinski definition) is 5. The van der Waals surface area contributed by atoms with Crippen molar-refractivity contribution in [3.05, 3.63) is 35.3 Å². The SMILES string of the molecule is CCc1cc(C(=O)Nc2nc(C)co2)cc(N)n1. The molecule has 0 aromatic carbocycles. The van der Waals surface area contributed by atoms with E-state index in [0.717, 1.165) is 5.69 Å². The van der Waals surface area contributed by atoms with Crippen LogP contribution in [0.5, 0.6) is 0 Å². The summed E-state index contributed by atoms with van der Waals surface area (Å²) in [6, 6.07) is 3.39. The molecule has 0 saturated carbocycles. The molecule has 0 aliphatic carbocycles. The highest BCUT2D eigenvalue weighted by molar-refractivity contribution is 6.03. The summed E-state index contributed by atoms with van der Waals surface area (Å²) in [6.45, 7) is 3.72. The van der Waals surface area contributed by atoms with Crippen molar-refractivity contribution in [2.75, 3.05) is 11.1 Å². The Labute approximate surface area is 104 Å². The van der Waals surface area contributed by atoms with Gasteiger partial charge in [-0.3, -0.25) is 10.1 Å². The second-order valence-corrected chi connectivity index (χ2v) is 3.87. The Morgan fingerprint density at radius 1 is 1.44 bits per heavy atom. The lowest BCUT2D eigenvalue weighted by atomic mass is 10.2. The third-order valence-electron chi connectivity index (χ3n) is 2.36. The van der Waals surface area contributed by atoms with Crippen molar-refractivity contribution in [3.8, 4) is 0 Å². The Kier molecular flexibility index (Phi) is 3.27. The molecule has 0 fully saturated rings. The number of nitrogens with one attached hydrogen (secondary N) is 1. The maximum absolute atomic E-state index is 11.9. The first-order valence-corrected chi connectivity index (χ1v) is 5.58. The zero-order valence-corrected chi connectivity index (χ0v) is 10.2. The monoisotopic (exact) mass is 246 g/mol. The van der Waals surface area contributed by atoms with Gasteiger partial charge >= 0.3 is 6.01 Å². The van der Waals surface area contributed by atoms with Crippen LogP contribution in [0, 0.1) is 6.92 Å². The van der Waals surface area contributed by atoms with E-state index < -0.39 is 0 Å². The molecule has 6 heteroatoms.